The molecule has 1 aromatic heterocycles. The lowest BCUT2D eigenvalue weighted by Crippen LogP contribution is -2.36. The number of nitrogens with zero attached hydrogens (tertiary/aromatic N) is 3. The van der Waals surface area contributed by atoms with E-state index in [4.69, 9.17) is 9.26 Å². The molecule has 0 aliphatic rings. The van der Waals surface area contributed by atoms with Crippen LogP contribution in [0.5, 0.6) is 5.75 Å². The Bertz CT molecular complexity index is 920. The Hall–Kier alpha value is -3.15. The summed E-state index contributed by atoms with van der Waals surface area (Å²) in [5.41, 5.74) is 1.44. The predicted molar refractivity (Wildman–Crippen MR) is 107 cm³/mol. The van der Waals surface area contributed by atoms with Crippen molar-refractivity contribution >= 4 is 5.91 Å². The molecule has 0 spiro atoms. The van der Waals surface area contributed by atoms with Gasteiger partial charge in [-0.05, 0) is 45.9 Å². The van der Waals surface area contributed by atoms with Crippen LogP contribution in [0.4, 0.5) is 0 Å². The van der Waals surface area contributed by atoms with Gasteiger partial charge in [-0.25, -0.2) is 0 Å². The maximum Gasteiger partial charge on any atom is 0.254 e. The van der Waals surface area contributed by atoms with E-state index in [1.54, 1.807) is 17.0 Å². The maximum absolute atomic E-state index is 13.1. The molecule has 2 aromatic carbocycles. The minimum atomic E-state index is -0.108. The van der Waals surface area contributed by atoms with Gasteiger partial charge in [0.15, 0.2) is 0 Å². The Morgan fingerprint density at radius 1 is 1.07 bits per heavy atom. The van der Waals surface area contributed by atoms with Gasteiger partial charge in [-0.1, -0.05) is 41.6 Å². The summed E-state index contributed by atoms with van der Waals surface area (Å²) in [6.07, 6.45) is 0.0429. The average molecular weight is 379 g/mol. The second-order valence-corrected chi connectivity index (χ2v) is 7.10. The van der Waals surface area contributed by atoms with Gasteiger partial charge in [-0.2, -0.15) is 4.98 Å². The second-order valence-electron chi connectivity index (χ2n) is 7.10. The number of rotatable bonds is 7. The lowest BCUT2D eigenvalue weighted by Gasteiger charge is -2.25. The Morgan fingerprint density at radius 2 is 1.82 bits per heavy atom. The summed E-state index contributed by atoms with van der Waals surface area (Å²) in [5, 5.41) is 4.03. The van der Waals surface area contributed by atoms with Gasteiger partial charge in [0.25, 0.3) is 5.91 Å². The van der Waals surface area contributed by atoms with Gasteiger partial charge in [-0.3, -0.25) is 4.79 Å². The van der Waals surface area contributed by atoms with E-state index >= 15 is 0 Å². The van der Waals surface area contributed by atoms with Crippen molar-refractivity contribution < 1.29 is 14.1 Å². The highest BCUT2D eigenvalue weighted by molar-refractivity contribution is 5.94. The molecule has 0 bridgehead atoms. The van der Waals surface area contributed by atoms with Gasteiger partial charge >= 0.3 is 0 Å². The molecule has 6 nitrogen and oxygen atoms in total. The van der Waals surface area contributed by atoms with Crippen LogP contribution in [0.2, 0.25) is 0 Å². The number of benzene rings is 2. The van der Waals surface area contributed by atoms with Crippen molar-refractivity contribution in [3.05, 3.63) is 66.1 Å². The van der Waals surface area contributed by atoms with Crippen molar-refractivity contribution in [3.8, 4) is 17.1 Å². The molecule has 1 heterocycles. The highest BCUT2D eigenvalue weighted by Crippen LogP contribution is 2.20. The van der Waals surface area contributed by atoms with Gasteiger partial charge in [0.1, 0.15) is 12.3 Å². The van der Waals surface area contributed by atoms with Crippen LogP contribution in [-0.2, 0) is 6.54 Å². The zero-order valence-corrected chi connectivity index (χ0v) is 16.6. The van der Waals surface area contributed by atoms with Crippen molar-refractivity contribution in [2.24, 2.45) is 0 Å². The van der Waals surface area contributed by atoms with Gasteiger partial charge in [0, 0.05) is 17.2 Å². The first-order valence-electron chi connectivity index (χ1n) is 9.39. The molecule has 0 saturated heterocycles. The van der Waals surface area contributed by atoms with Crippen LogP contribution < -0.4 is 4.74 Å². The van der Waals surface area contributed by atoms with Crippen LogP contribution in [0, 0.1) is 0 Å². The van der Waals surface area contributed by atoms with Crippen LogP contribution in [-0.4, -0.2) is 33.1 Å². The molecule has 0 radical (unpaired) electrons. The molecule has 0 unspecified atom stereocenters. The number of carbonyl (C=O) groups excluding carboxylic acids is 1. The van der Waals surface area contributed by atoms with Gasteiger partial charge in [-0.15, -0.1) is 0 Å². The molecule has 3 aromatic rings. The van der Waals surface area contributed by atoms with Crippen molar-refractivity contribution in [1.82, 2.24) is 15.0 Å². The molecule has 0 N–H and O–H groups in total. The van der Waals surface area contributed by atoms with Crippen molar-refractivity contribution in [2.75, 3.05) is 0 Å². The van der Waals surface area contributed by atoms with E-state index in [1.165, 1.54) is 0 Å². The Morgan fingerprint density at radius 3 is 2.50 bits per heavy atom. The van der Waals surface area contributed by atoms with E-state index in [2.05, 4.69) is 10.1 Å². The van der Waals surface area contributed by atoms with Crippen molar-refractivity contribution in [3.63, 3.8) is 0 Å². The third-order valence-corrected chi connectivity index (χ3v) is 4.14. The predicted octanol–water partition coefficient (Wildman–Crippen LogP) is 4.57. The highest BCUT2D eigenvalue weighted by atomic mass is 16.5. The minimum Gasteiger partial charge on any atom is -0.491 e. The van der Waals surface area contributed by atoms with Gasteiger partial charge in [0.05, 0.1) is 6.10 Å². The highest BCUT2D eigenvalue weighted by Gasteiger charge is 2.22. The Balaban J connectivity index is 1.79. The van der Waals surface area contributed by atoms with Gasteiger partial charge < -0.3 is 14.2 Å². The molecule has 1 amide bonds. The molecule has 0 fully saturated rings. The Labute approximate surface area is 165 Å². The zero-order chi connectivity index (χ0) is 20.1. The maximum atomic E-state index is 13.1. The van der Waals surface area contributed by atoms with E-state index in [0.717, 1.165) is 5.56 Å². The van der Waals surface area contributed by atoms with Crippen LogP contribution in [0.3, 0.4) is 0 Å². The summed E-state index contributed by atoms with van der Waals surface area (Å²) < 4.78 is 11.1. The molecule has 0 saturated carbocycles. The fourth-order valence-electron chi connectivity index (χ4n) is 2.80. The van der Waals surface area contributed by atoms with Crippen LogP contribution in [0.25, 0.3) is 11.4 Å². The summed E-state index contributed by atoms with van der Waals surface area (Å²) in [7, 11) is 0. The molecular weight excluding hydrogens is 354 g/mol. The molecule has 0 atom stereocenters. The third kappa shape index (κ3) is 4.76. The molecular formula is C22H25N3O3. The lowest BCUT2D eigenvalue weighted by molar-refractivity contribution is 0.0666. The summed E-state index contributed by atoms with van der Waals surface area (Å²) in [6.45, 7) is 8.07. The van der Waals surface area contributed by atoms with Crippen LogP contribution in [0.15, 0.2) is 59.1 Å². The van der Waals surface area contributed by atoms with Crippen molar-refractivity contribution in [1.29, 1.82) is 0 Å². The first-order valence-corrected chi connectivity index (χ1v) is 9.39. The molecule has 6 heteroatoms. The van der Waals surface area contributed by atoms with E-state index in [9.17, 15) is 4.79 Å². The SMILES string of the molecule is CC(C)Oc1cccc(C(=O)N(Cc2nc(-c3ccccc3)no2)C(C)C)c1. The topological polar surface area (TPSA) is 68.5 Å². The molecule has 28 heavy (non-hydrogen) atoms. The van der Waals surface area contributed by atoms with E-state index < -0.39 is 0 Å². The minimum absolute atomic E-state index is 0.0331. The number of amides is 1. The van der Waals surface area contributed by atoms with E-state index in [0.29, 0.717) is 23.0 Å². The zero-order valence-electron chi connectivity index (χ0n) is 16.6. The number of hydrogen-bond acceptors (Lipinski definition) is 5. The summed E-state index contributed by atoms with van der Waals surface area (Å²) in [5.74, 6) is 1.48. The molecule has 0 aliphatic heterocycles. The van der Waals surface area contributed by atoms with E-state index in [-0.39, 0.29) is 24.6 Å². The fourth-order valence-corrected chi connectivity index (χ4v) is 2.80. The summed E-state index contributed by atoms with van der Waals surface area (Å²) >= 11 is 0. The second kappa shape index (κ2) is 8.69. The molecule has 3 rings (SSSR count). The number of ether oxygens (including phenoxy) is 1. The average Bonchev–Trinajstić information content (AvgIpc) is 3.14. The first-order chi connectivity index (χ1) is 13.4. The lowest BCUT2D eigenvalue weighted by atomic mass is 10.1. The van der Waals surface area contributed by atoms with Gasteiger partial charge in [0.2, 0.25) is 11.7 Å². The van der Waals surface area contributed by atoms with Crippen molar-refractivity contribution in [2.45, 2.75) is 46.4 Å². The molecule has 146 valence electrons. The number of aromatic nitrogens is 2. The van der Waals surface area contributed by atoms with Crippen LogP contribution >= 0.6 is 0 Å². The van der Waals surface area contributed by atoms with E-state index in [1.807, 2.05) is 70.2 Å². The number of carbonyl (C=O) groups is 1. The largest absolute Gasteiger partial charge is 0.491 e. The van der Waals surface area contributed by atoms with Crippen LogP contribution in [0.1, 0.15) is 43.9 Å². The number of hydrogen-bond donors (Lipinski definition) is 0. The normalized spacial score (nSPS) is 11.1. The smallest absolute Gasteiger partial charge is 0.254 e. The quantitative estimate of drug-likeness (QED) is 0.601. The monoisotopic (exact) mass is 379 g/mol. The fraction of sp³-hybridized carbons (Fsp3) is 0.318. The molecule has 0 aliphatic carbocycles. The Kier molecular flexibility index (Phi) is 6.09. The first kappa shape index (κ1) is 19.6. The summed E-state index contributed by atoms with van der Waals surface area (Å²) in [4.78, 5) is 19.2. The third-order valence-electron chi connectivity index (χ3n) is 4.14. The standard InChI is InChI=1S/C22H25N3O3/c1-15(2)25(22(26)18-11-8-12-19(13-18)27-16(3)4)14-20-23-21(24-28-20)17-9-6-5-7-10-17/h5-13,15-16H,14H2,1-4H3. The summed E-state index contributed by atoms with van der Waals surface area (Å²) in [6, 6.07) is 16.8.